The van der Waals surface area contributed by atoms with Crippen LogP contribution in [0.1, 0.15) is 43.2 Å². The lowest BCUT2D eigenvalue weighted by atomic mass is 9.86. The molecule has 0 bridgehead atoms. The number of benzene rings is 2. The zero-order chi connectivity index (χ0) is 22.2. The minimum absolute atomic E-state index is 0.236. The summed E-state index contributed by atoms with van der Waals surface area (Å²) < 4.78 is 8.33. The lowest BCUT2D eigenvalue weighted by Gasteiger charge is -2.24. The monoisotopic (exact) mass is 436 g/mol. The highest BCUT2D eigenvalue weighted by molar-refractivity contribution is 5.79. The van der Waals surface area contributed by atoms with Crippen LogP contribution in [-0.2, 0) is 17.7 Å². The molecule has 6 rings (SSSR count). The van der Waals surface area contributed by atoms with Gasteiger partial charge in [0.15, 0.2) is 0 Å². The molecule has 2 atom stereocenters. The average molecular weight is 437 g/mol. The largest absolute Gasteiger partial charge is 0.376 e. The molecule has 4 aromatic rings. The standard InChI is InChI=1S/C28H28N4O/c1-19-16-29-26-10-9-21(28-6-4-11-32(28)18-24-5-2-3-12-33-24)13-23(26)14-25(19)20-7-8-22-17-30-31-27(22)15-20/h4,6-11,13,15,17,24-25H,2-3,5,12,14,18H2,1H3,(H,30,31). The number of rotatable bonds is 4. The van der Waals surface area contributed by atoms with Gasteiger partial charge in [-0.3, -0.25) is 5.10 Å². The van der Waals surface area contributed by atoms with E-state index in [1.807, 2.05) is 6.20 Å². The normalized spacial score (nSPS) is 20.5. The second-order valence-corrected chi connectivity index (χ2v) is 9.26. The summed E-state index contributed by atoms with van der Waals surface area (Å²) in [5, 5.41) is 8.41. The molecule has 166 valence electrons. The number of aromatic amines is 1. The van der Waals surface area contributed by atoms with Gasteiger partial charge in [-0.25, -0.2) is 4.99 Å². The first-order valence-corrected chi connectivity index (χ1v) is 11.9. The Morgan fingerprint density at radius 2 is 2.12 bits per heavy atom. The van der Waals surface area contributed by atoms with Crippen molar-refractivity contribution < 1.29 is 4.74 Å². The van der Waals surface area contributed by atoms with E-state index in [9.17, 15) is 0 Å². The Morgan fingerprint density at radius 3 is 3.03 bits per heavy atom. The fourth-order valence-corrected chi connectivity index (χ4v) is 5.16. The number of aromatic nitrogens is 3. The summed E-state index contributed by atoms with van der Waals surface area (Å²) in [4.78, 5) is 4.70. The van der Waals surface area contributed by atoms with E-state index in [0.29, 0.717) is 6.10 Å². The highest BCUT2D eigenvalue weighted by Gasteiger charge is 2.21. The molecule has 2 aromatic heterocycles. The number of aliphatic imine (C=N–C) groups is 1. The number of H-pyrrole nitrogens is 1. The van der Waals surface area contributed by atoms with Gasteiger partial charge in [-0.15, -0.1) is 0 Å². The van der Waals surface area contributed by atoms with Crippen LogP contribution in [0.3, 0.4) is 0 Å². The van der Waals surface area contributed by atoms with Crippen LogP contribution in [0.15, 0.2) is 71.5 Å². The van der Waals surface area contributed by atoms with Gasteiger partial charge in [0.1, 0.15) is 0 Å². The van der Waals surface area contributed by atoms with Crippen molar-refractivity contribution in [3.63, 3.8) is 0 Å². The van der Waals surface area contributed by atoms with Crippen molar-refractivity contribution in [1.29, 1.82) is 0 Å². The van der Waals surface area contributed by atoms with Crippen LogP contribution in [0, 0.1) is 0 Å². The Bertz CT molecular complexity index is 1370. The smallest absolute Gasteiger partial charge is 0.0762 e. The molecule has 5 nitrogen and oxygen atoms in total. The van der Waals surface area contributed by atoms with Gasteiger partial charge in [-0.05, 0) is 91.1 Å². The van der Waals surface area contributed by atoms with Gasteiger partial charge in [0, 0.05) is 36.3 Å². The van der Waals surface area contributed by atoms with E-state index in [0.717, 1.165) is 48.2 Å². The Hall–Kier alpha value is -3.40. The Labute approximate surface area is 193 Å². The quantitative estimate of drug-likeness (QED) is 0.415. The molecule has 2 aliphatic heterocycles. The Kier molecular flexibility index (Phi) is 5.21. The summed E-state index contributed by atoms with van der Waals surface area (Å²) >= 11 is 0. The fourth-order valence-electron chi connectivity index (χ4n) is 5.16. The Balaban J connectivity index is 1.32. The molecular weight excluding hydrogens is 408 g/mol. The molecule has 0 radical (unpaired) electrons. The zero-order valence-electron chi connectivity index (χ0n) is 18.9. The van der Waals surface area contributed by atoms with Crippen LogP contribution in [0.2, 0.25) is 0 Å². The third-order valence-corrected chi connectivity index (χ3v) is 7.05. The predicted molar refractivity (Wildman–Crippen MR) is 132 cm³/mol. The average Bonchev–Trinajstić information content (AvgIpc) is 3.47. The molecule has 1 N–H and O–H groups in total. The van der Waals surface area contributed by atoms with Crippen LogP contribution < -0.4 is 0 Å². The van der Waals surface area contributed by atoms with Crippen LogP contribution in [0.25, 0.3) is 22.2 Å². The molecule has 0 saturated carbocycles. The lowest BCUT2D eigenvalue weighted by Crippen LogP contribution is -2.24. The minimum Gasteiger partial charge on any atom is -0.376 e. The number of nitrogens with zero attached hydrogens (tertiary/aromatic N) is 3. The van der Waals surface area contributed by atoms with Crippen molar-refractivity contribution in [3.8, 4) is 11.3 Å². The van der Waals surface area contributed by atoms with Crippen LogP contribution in [0.4, 0.5) is 5.69 Å². The van der Waals surface area contributed by atoms with E-state index in [2.05, 4.69) is 82.3 Å². The molecule has 33 heavy (non-hydrogen) atoms. The van der Waals surface area contributed by atoms with Crippen molar-refractivity contribution in [3.05, 3.63) is 77.6 Å². The number of hydrogen-bond acceptors (Lipinski definition) is 3. The van der Waals surface area contributed by atoms with E-state index in [1.54, 1.807) is 0 Å². The number of fused-ring (bicyclic) bond motifs is 2. The maximum Gasteiger partial charge on any atom is 0.0762 e. The molecule has 5 heteroatoms. The van der Waals surface area contributed by atoms with E-state index in [-0.39, 0.29) is 5.92 Å². The molecule has 1 fully saturated rings. The molecule has 2 aromatic carbocycles. The highest BCUT2D eigenvalue weighted by atomic mass is 16.5. The first kappa shape index (κ1) is 20.2. The highest BCUT2D eigenvalue weighted by Crippen LogP contribution is 2.36. The summed E-state index contributed by atoms with van der Waals surface area (Å²) in [6.45, 7) is 3.93. The van der Waals surface area contributed by atoms with Crippen molar-refractivity contribution in [2.45, 2.75) is 51.2 Å². The summed E-state index contributed by atoms with van der Waals surface area (Å²) in [6, 6.07) is 17.5. The first-order chi connectivity index (χ1) is 16.2. The maximum atomic E-state index is 5.99. The van der Waals surface area contributed by atoms with E-state index in [1.165, 1.54) is 35.2 Å². The second-order valence-electron chi connectivity index (χ2n) is 9.26. The summed E-state index contributed by atoms with van der Waals surface area (Å²) in [5.74, 6) is 3.54. The number of hydrogen-bond donors (Lipinski definition) is 1. The first-order valence-electron chi connectivity index (χ1n) is 11.9. The molecule has 0 amide bonds. The number of ether oxygens (including phenoxy) is 1. The van der Waals surface area contributed by atoms with Gasteiger partial charge >= 0.3 is 0 Å². The molecule has 2 unspecified atom stereocenters. The van der Waals surface area contributed by atoms with E-state index >= 15 is 0 Å². The van der Waals surface area contributed by atoms with Crippen LogP contribution in [-0.4, -0.2) is 33.3 Å². The maximum absolute atomic E-state index is 5.99. The summed E-state index contributed by atoms with van der Waals surface area (Å²) in [6.07, 6.45) is 8.83. The summed E-state index contributed by atoms with van der Waals surface area (Å²) in [7, 11) is 0. The van der Waals surface area contributed by atoms with Gasteiger partial charge < -0.3 is 9.30 Å². The van der Waals surface area contributed by atoms with Crippen molar-refractivity contribution >= 4 is 22.5 Å². The van der Waals surface area contributed by atoms with Crippen LogP contribution in [0.5, 0.6) is 0 Å². The van der Waals surface area contributed by atoms with Gasteiger partial charge in [0.05, 0.1) is 23.5 Å². The molecule has 2 aliphatic rings. The molecule has 1 saturated heterocycles. The third-order valence-electron chi connectivity index (χ3n) is 7.05. The molecular formula is C28H28N4O. The topological polar surface area (TPSA) is 55.2 Å². The lowest BCUT2D eigenvalue weighted by molar-refractivity contribution is 0.00630. The summed E-state index contributed by atoms with van der Waals surface area (Å²) in [5.41, 5.74) is 8.23. The molecule has 0 aliphatic carbocycles. The fraction of sp³-hybridized carbons (Fsp3) is 0.321. The SMILES string of the molecule is CC1=C=Nc2ccc(-c3cccn3CC3CCCCO3)cc2CC1c1ccc2cn[nH]c2c1. The number of allylic oxidation sites excluding steroid dienone is 1. The van der Waals surface area contributed by atoms with Gasteiger partial charge in [-0.2, -0.15) is 5.10 Å². The van der Waals surface area contributed by atoms with Crippen molar-refractivity contribution in [1.82, 2.24) is 14.8 Å². The second kappa shape index (κ2) is 8.51. The van der Waals surface area contributed by atoms with Gasteiger partial charge in [0.25, 0.3) is 0 Å². The molecule has 0 spiro atoms. The Morgan fingerprint density at radius 1 is 1.15 bits per heavy atom. The number of nitrogens with one attached hydrogen (secondary N) is 1. The zero-order valence-corrected chi connectivity index (χ0v) is 18.9. The minimum atomic E-state index is 0.236. The van der Waals surface area contributed by atoms with E-state index < -0.39 is 0 Å². The van der Waals surface area contributed by atoms with Gasteiger partial charge in [0.2, 0.25) is 0 Å². The third kappa shape index (κ3) is 3.95. The van der Waals surface area contributed by atoms with Crippen LogP contribution >= 0.6 is 0 Å². The molecule has 4 heterocycles. The van der Waals surface area contributed by atoms with Crippen molar-refractivity contribution in [2.75, 3.05) is 6.61 Å². The van der Waals surface area contributed by atoms with Crippen molar-refractivity contribution in [2.24, 2.45) is 4.99 Å². The van der Waals surface area contributed by atoms with E-state index in [4.69, 9.17) is 9.73 Å². The van der Waals surface area contributed by atoms with Gasteiger partial charge in [-0.1, -0.05) is 18.2 Å². The predicted octanol–water partition coefficient (Wildman–Crippen LogP) is 6.19.